The smallest absolute Gasteiger partial charge is 0.410 e. The van der Waals surface area contributed by atoms with E-state index in [1.54, 1.807) is 20.8 Å². The quantitative estimate of drug-likeness (QED) is 0.795. The molecule has 2 N–H and O–H groups in total. The highest BCUT2D eigenvalue weighted by Gasteiger charge is 2.30. The summed E-state index contributed by atoms with van der Waals surface area (Å²) in [5.41, 5.74) is -0.553. The molecule has 1 aliphatic rings. The highest BCUT2D eigenvalue weighted by molar-refractivity contribution is 5.68. The fourth-order valence-electron chi connectivity index (χ4n) is 2.12. The summed E-state index contributed by atoms with van der Waals surface area (Å²) in [5, 5.41) is 18.7. The SMILES string of the molecule is CC(C)(C)OC(=O)N1CC[C@H](CC(=O)O)[C@H](O)CC1. The Morgan fingerprint density at radius 3 is 2.37 bits per heavy atom. The van der Waals surface area contributed by atoms with Crippen LogP contribution in [0.5, 0.6) is 0 Å². The Morgan fingerprint density at radius 2 is 1.84 bits per heavy atom. The molecule has 1 amide bonds. The predicted octanol–water partition coefficient (Wildman–Crippen LogP) is 1.47. The molecule has 110 valence electrons. The zero-order valence-electron chi connectivity index (χ0n) is 11.8. The van der Waals surface area contributed by atoms with E-state index in [9.17, 15) is 14.7 Å². The minimum absolute atomic E-state index is 0.0661. The van der Waals surface area contributed by atoms with Gasteiger partial charge in [-0.1, -0.05) is 0 Å². The van der Waals surface area contributed by atoms with E-state index < -0.39 is 23.8 Å². The van der Waals surface area contributed by atoms with Gasteiger partial charge in [0.05, 0.1) is 12.5 Å². The molecule has 1 aliphatic heterocycles. The first-order chi connectivity index (χ1) is 8.69. The lowest BCUT2D eigenvalue weighted by Crippen LogP contribution is -2.37. The van der Waals surface area contributed by atoms with Gasteiger partial charge in [0, 0.05) is 13.1 Å². The summed E-state index contributed by atoms with van der Waals surface area (Å²) >= 11 is 0. The first kappa shape index (κ1) is 15.8. The molecule has 0 bridgehead atoms. The number of rotatable bonds is 2. The largest absolute Gasteiger partial charge is 0.481 e. The molecule has 0 radical (unpaired) electrons. The third kappa shape index (κ3) is 5.46. The number of aliphatic hydroxyl groups is 1. The number of aliphatic hydroxyl groups excluding tert-OH is 1. The molecule has 1 heterocycles. The zero-order chi connectivity index (χ0) is 14.6. The maximum absolute atomic E-state index is 11.9. The number of carboxylic acids is 1. The second-order valence-electron chi connectivity index (χ2n) is 5.97. The van der Waals surface area contributed by atoms with Crippen molar-refractivity contribution in [1.82, 2.24) is 4.90 Å². The molecule has 0 aromatic carbocycles. The van der Waals surface area contributed by atoms with E-state index in [1.165, 1.54) is 4.90 Å². The molecule has 0 aromatic heterocycles. The normalized spacial score (nSPS) is 24.7. The van der Waals surface area contributed by atoms with Crippen LogP contribution in [0.2, 0.25) is 0 Å². The van der Waals surface area contributed by atoms with Gasteiger partial charge in [-0.25, -0.2) is 4.79 Å². The number of aliphatic carboxylic acids is 1. The molecule has 2 atom stereocenters. The van der Waals surface area contributed by atoms with Crippen LogP contribution in [0.4, 0.5) is 4.79 Å². The van der Waals surface area contributed by atoms with Crippen molar-refractivity contribution in [3.05, 3.63) is 0 Å². The summed E-state index contributed by atoms with van der Waals surface area (Å²) in [5.74, 6) is -1.22. The highest BCUT2D eigenvalue weighted by atomic mass is 16.6. The summed E-state index contributed by atoms with van der Waals surface area (Å²) in [6, 6.07) is 0. The number of likely N-dealkylation sites (tertiary alicyclic amines) is 1. The van der Waals surface area contributed by atoms with Crippen LogP contribution in [0.3, 0.4) is 0 Å². The highest BCUT2D eigenvalue weighted by Crippen LogP contribution is 2.22. The van der Waals surface area contributed by atoms with Gasteiger partial charge in [-0.3, -0.25) is 4.79 Å². The molecule has 1 fully saturated rings. The topological polar surface area (TPSA) is 87.1 Å². The molecule has 0 unspecified atom stereocenters. The van der Waals surface area contributed by atoms with Crippen LogP contribution in [0.15, 0.2) is 0 Å². The Labute approximate surface area is 113 Å². The molecular weight excluding hydrogens is 250 g/mol. The van der Waals surface area contributed by atoms with Crippen molar-refractivity contribution in [1.29, 1.82) is 0 Å². The summed E-state index contributed by atoms with van der Waals surface area (Å²) in [4.78, 5) is 24.2. The number of carboxylic acid groups (broad SMARTS) is 1. The van der Waals surface area contributed by atoms with Crippen LogP contribution in [0.25, 0.3) is 0 Å². The molecule has 19 heavy (non-hydrogen) atoms. The van der Waals surface area contributed by atoms with Crippen molar-refractivity contribution in [2.75, 3.05) is 13.1 Å². The fourth-order valence-corrected chi connectivity index (χ4v) is 2.12. The number of carbonyl (C=O) groups excluding carboxylic acids is 1. The zero-order valence-corrected chi connectivity index (χ0v) is 11.8. The number of nitrogens with zero attached hydrogens (tertiary/aromatic N) is 1. The van der Waals surface area contributed by atoms with Crippen LogP contribution < -0.4 is 0 Å². The number of amides is 1. The number of hydrogen-bond donors (Lipinski definition) is 2. The number of carbonyl (C=O) groups is 2. The summed E-state index contributed by atoms with van der Waals surface area (Å²) in [6.07, 6.45) is -0.285. The average molecular weight is 273 g/mol. The summed E-state index contributed by atoms with van der Waals surface area (Å²) in [6.45, 7) is 6.20. The van der Waals surface area contributed by atoms with E-state index in [-0.39, 0.29) is 12.3 Å². The van der Waals surface area contributed by atoms with Crippen LogP contribution in [-0.4, -0.2) is 52.0 Å². The van der Waals surface area contributed by atoms with E-state index in [2.05, 4.69) is 0 Å². The van der Waals surface area contributed by atoms with Crippen molar-refractivity contribution in [3.63, 3.8) is 0 Å². The Bertz CT molecular complexity index is 336. The van der Waals surface area contributed by atoms with E-state index in [0.29, 0.717) is 25.9 Å². The van der Waals surface area contributed by atoms with E-state index in [1.807, 2.05) is 0 Å². The molecule has 1 rings (SSSR count). The molecule has 1 saturated heterocycles. The standard InChI is InChI=1S/C13H23NO5/c1-13(2,3)19-12(18)14-6-4-9(8-11(16)17)10(15)5-7-14/h9-10,15H,4-8H2,1-3H3,(H,16,17)/t9-,10-/m1/s1. The van der Waals surface area contributed by atoms with Crippen molar-refractivity contribution in [2.45, 2.75) is 51.7 Å². The first-order valence-corrected chi connectivity index (χ1v) is 6.57. The van der Waals surface area contributed by atoms with Gasteiger partial charge in [0.2, 0.25) is 0 Å². The van der Waals surface area contributed by atoms with Gasteiger partial charge in [-0.05, 0) is 39.5 Å². The Kier molecular flexibility index (Phi) is 5.17. The first-order valence-electron chi connectivity index (χ1n) is 6.57. The molecule has 0 spiro atoms. The second kappa shape index (κ2) is 6.23. The van der Waals surface area contributed by atoms with Crippen LogP contribution in [-0.2, 0) is 9.53 Å². The Hall–Kier alpha value is -1.30. The third-order valence-corrected chi connectivity index (χ3v) is 3.10. The van der Waals surface area contributed by atoms with E-state index in [4.69, 9.17) is 9.84 Å². The minimum atomic E-state index is -0.922. The lowest BCUT2D eigenvalue weighted by Gasteiger charge is -2.26. The maximum atomic E-state index is 11.9. The van der Waals surface area contributed by atoms with Gasteiger partial charge in [0.25, 0.3) is 0 Å². The van der Waals surface area contributed by atoms with Gasteiger partial charge < -0.3 is 19.8 Å². The summed E-state index contributed by atoms with van der Waals surface area (Å²) in [7, 11) is 0. The Morgan fingerprint density at radius 1 is 1.26 bits per heavy atom. The third-order valence-electron chi connectivity index (χ3n) is 3.10. The van der Waals surface area contributed by atoms with Gasteiger partial charge in [0.1, 0.15) is 5.60 Å². The molecule has 0 aliphatic carbocycles. The second-order valence-corrected chi connectivity index (χ2v) is 5.97. The fraction of sp³-hybridized carbons (Fsp3) is 0.846. The lowest BCUT2D eigenvalue weighted by atomic mass is 9.94. The maximum Gasteiger partial charge on any atom is 0.410 e. The van der Waals surface area contributed by atoms with Gasteiger partial charge >= 0.3 is 12.1 Å². The van der Waals surface area contributed by atoms with Gasteiger partial charge in [-0.2, -0.15) is 0 Å². The Balaban J connectivity index is 2.57. The van der Waals surface area contributed by atoms with Crippen molar-refractivity contribution in [3.8, 4) is 0 Å². The molecular formula is C13H23NO5. The predicted molar refractivity (Wildman–Crippen MR) is 68.8 cm³/mol. The molecule has 0 saturated carbocycles. The molecule has 6 nitrogen and oxygen atoms in total. The number of ether oxygens (including phenoxy) is 1. The van der Waals surface area contributed by atoms with Crippen LogP contribution in [0.1, 0.15) is 40.0 Å². The summed E-state index contributed by atoms with van der Waals surface area (Å²) < 4.78 is 5.27. The van der Waals surface area contributed by atoms with Crippen LogP contribution >= 0.6 is 0 Å². The number of hydrogen-bond acceptors (Lipinski definition) is 4. The minimum Gasteiger partial charge on any atom is -0.481 e. The van der Waals surface area contributed by atoms with Crippen molar-refractivity contribution in [2.24, 2.45) is 5.92 Å². The molecule has 0 aromatic rings. The van der Waals surface area contributed by atoms with Crippen molar-refractivity contribution < 1.29 is 24.5 Å². The van der Waals surface area contributed by atoms with Gasteiger partial charge in [-0.15, -0.1) is 0 Å². The van der Waals surface area contributed by atoms with Gasteiger partial charge in [0.15, 0.2) is 0 Å². The molecule has 6 heteroatoms. The van der Waals surface area contributed by atoms with Crippen molar-refractivity contribution >= 4 is 12.1 Å². The van der Waals surface area contributed by atoms with E-state index in [0.717, 1.165) is 0 Å². The average Bonchev–Trinajstić information content (AvgIpc) is 2.39. The van der Waals surface area contributed by atoms with E-state index >= 15 is 0 Å². The van der Waals surface area contributed by atoms with Crippen LogP contribution in [0, 0.1) is 5.92 Å². The monoisotopic (exact) mass is 273 g/mol. The lowest BCUT2D eigenvalue weighted by molar-refractivity contribution is -0.139.